The fraction of sp³-hybridized carbons (Fsp3) is 0.476. The molecule has 1 fully saturated rings. The van der Waals surface area contributed by atoms with Crippen LogP contribution < -0.4 is 5.32 Å². The Hall–Kier alpha value is -2.70. The van der Waals surface area contributed by atoms with Gasteiger partial charge < -0.3 is 14.8 Å². The van der Waals surface area contributed by atoms with Crippen molar-refractivity contribution in [3.63, 3.8) is 0 Å². The lowest BCUT2D eigenvalue weighted by Crippen LogP contribution is -2.39. The summed E-state index contributed by atoms with van der Waals surface area (Å²) in [5, 5.41) is 2.76. The third kappa shape index (κ3) is 3.66. The number of imidazole rings is 1. The average Bonchev–Trinajstić information content (AvgIpc) is 3.09. The van der Waals surface area contributed by atoms with Gasteiger partial charge in [-0.15, -0.1) is 0 Å². The summed E-state index contributed by atoms with van der Waals surface area (Å²) in [6.07, 6.45) is 4.83. The van der Waals surface area contributed by atoms with Crippen molar-refractivity contribution < 1.29 is 14.0 Å². The molecule has 28 heavy (non-hydrogen) atoms. The zero-order valence-electron chi connectivity index (χ0n) is 16.1. The minimum Gasteiger partial charge on any atom is -0.337 e. The van der Waals surface area contributed by atoms with Crippen molar-refractivity contribution in [1.29, 1.82) is 0 Å². The minimum atomic E-state index is -0.374. The summed E-state index contributed by atoms with van der Waals surface area (Å²) in [7, 11) is 0. The Labute approximate surface area is 163 Å². The Kier molecular flexibility index (Phi) is 5.15. The van der Waals surface area contributed by atoms with Crippen molar-refractivity contribution in [1.82, 2.24) is 14.5 Å². The van der Waals surface area contributed by atoms with E-state index in [1.165, 1.54) is 24.3 Å². The molecule has 0 aliphatic carbocycles. The highest BCUT2D eigenvalue weighted by Gasteiger charge is 2.31. The van der Waals surface area contributed by atoms with Crippen LogP contribution in [0.4, 0.5) is 10.1 Å². The molecule has 3 heterocycles. The summed E-state index contributed by atoms with van der Waals surface area (Å²) in [4.78, 5) is 32.3. The lowest BCUT2D eigenvalue weighted by atomic mass is 9.99. The van der Waals surface area contributed by atoms with Crippen LogP contribution in [0.3, 0.4) is 0 Å². The number of rotatable bonds is 3. The summed E-state index contributed by atoms with van der Waals surface area (Å²) in [5.74, 6) is -0.0662. The van der Waals surface area contributed by atoms with Crippen molar-refractivity contribution in [3.8, 4) is 0 Å². The van der Waals surface area contributed by atoms with E-state index in [0.29, 0.717) is 23.8 Å². The number of nitrogens with one attached hydrogen (secondary N) is 1. The van der Waals surface area contributed by atoms with E-state index in [1.54, 1.807) is 0 Å². The highest BCUT2D eigenvalue weighted by molar-refractivity contribution is 6.03. The summed E-state index contributed by atoms with van der Waals surface area (Å²) in [5.41, 5.74) is 1.77. The van der Waals surface area contributed by atoms with Gasteiger partial charge in [-0.3, -0.25) is 9.59 Å². The molecule has 1 N–H and O–H groups in total. The van der Waals surface area contributed by atoms with Crippen molar-refractivity contribution in [3.05, 3.63) is 47.3 Å². The first-order chi connectivity index (χ1) is 13.5. The van der Waals surface area contributed by atoms with E-state index in [1.807, 2.05) is 9.47 Å². The number of benzene rings is 1. The van der Waals surface area contributed by atoms with E-state index in [-0.39, 0.29) is 23.5 Å². The van der Waals surface area contributed by atoms with Crippen LogP contribution in [-0.4, -0.2) is 39.4 Å². The molecule has 6 nitrogen and oxygen atoms in total. The van der Waals surface area contributed by atoms with E-state index in [4.69, 9.17) is 0 Å². The number of nitrogens with zero attached hydrogens (tertiary/aromatic N) is 3. The first-order valence-electron chi connectivity index (χ1n) is 9.98. The van der Waals surface area contributed by atoms with Crippen LogP contribution in [0.2, 0.25) is 0 Å². The van der Waals surface area contributed by atoms with Gasteiger partial charge in [-0.05, 0) is 62.3 Å². The predicted molar refractivity (Wildman–Crippen MR) is 104 cm³/mol. The molecule has 2 aliphatic rings. The van der Waals surface area contributed by atoms with Crippen molar-refractivity contribution in [2.24, 2.45) is 5.92 Å². The Bertz CT molecular complexity index is 891. The molecule has 0 saturated carbocycles. The Balaban J connectivity index is 1.62. The number of hydrogen-bond acceptors (Lipinski definition) is 3. The van der Waals surface area contributed by atoms with E-state index >= 15 is 0 Å². The number of carbonyl (C=O) groups excluding carboxylic acids is 2. The second-order valence-corrected chi connectivity index (χ2v) is 7.80. The molecule has 1 saturated heterocycles. The molecule has 0 bridgehead atoms. The molecular formula is C21H25FN4O2. The summed E-state index contributed by atoms with van der Waals surface area (Å²) in [6.45, 7) is 4.32. The molecule has 2 aliphatic heterocycles. The standard InChI is InChI=1S/C21H25FN4O2/c1-14-5-4-11-25(13-14)21(28)18-17-6-2-3-12-26(17)19(24-18)20(27)23-16-9-7-15(22)8-10-16/h7-10,14H,2-6,11-13H2,1H3,(H,23,27). The summed E-state index contributed by atoms with van der Waals surface area (Å²) >= 11 is 0. The van der Waals surface area contributed by atoms with E-state index in [0.717, 1.165) is 50.9 Å². The van der Waals surface area contributed by atoms with Crippen LogP contribution in [0.15, 0.2) is 24.3 Å². The van der Waals surface area contributed by atoms with Crippen molar-refractivity contribution in [2.45, 2.75) is 45.6 Å². The topological polar surface area (TPSA) is 67.2 Å². The predicted octanol–water partition coefficient (Wildman–Crippen LogP) is 3.48. The molecule has 7 heteroatoms. The molecule has 2 aromatic rings. The third-order valence-electron chi connectivity index (χ3n) is 5.57. The van der Waals surface area contributed by atoms with Gasteiger partial charge in [0, 0.05) is 25.3 Å². The number of halogens is 1. The number of likely N-dealkylation sites (tertiary alicyclic amines) is 1. The Morgan fingerprint density at radius 2 is 1.93 bits per heavy atom. The third-order valence-corrected chi connectivity index (χ3v) is 5.57. The van der Waals surface area contributed by atoms with Gasteiger partial charge in [0.05, 0.1) is 5.69 Å². The largest absolute Gasteiger partial charge is 0.337 e. The zero-order chi connectivity index (χ0) is 19.7. The lowest BCUT2D eigenvalue weighted by molar-refractivity contribution is 0.0676. The average molecular weight is 384 g/mol. The Morgan fingerprint density at radius 1 is 1.14 bits per heavy atom. The maximum absolute atomic E-state index is 13.1. The minimum absolute atomic E-state index is 0.0713. The lowest BCUT2D eigenvalue weighted by Gasteiger charge is -2.30. The zero-order valence-corrected chi connectivity index (χ0v) is 16.1. The van der Waals surface area contributed by atoms with E-state index in [2.05, 4.69) is 17.2 Å². The molecule has 0 radical (unpaired) electrons. The molecule has 1 atom stereocenters. The van der Waals surface area contributed by atoms with Gasteiger partial charge in [0.15, 0.2) is 5.82 Å². The smallest absolute Gasteiger partial charge is 0.291 e. The van der Waals surface area contributed by atoms with Crippen LogP contribution in [-0.2, 0) is 13.0 Å². The van der Waals surface area contributed by atoms with Gasteiger partial charge in [-0.25, -0.2) is 9.37 Å². The maximum atomic E-state index is 13.1. The van der Waals surface area contributed by atoms with E-state index < -0.39 is 0 Å². The molecular weight excluding hydrogens is 359 g/mol. The van der Waals surface area contributed by atoms with Gasteiger partial charge in [-0.1, -0.05) is 6.92 Å². The number of hydrogen-bond donors (Lipinski definition) is 1. The number of fused-ring (bicyclic) bond motifs is 1. The molecule has 4 rings (SSSR count). The first kappa shape index (κ1) is 18.7. The molecule has 1 aromatic heterocycles. The van der Waals surface area contributed by atoms with Crippen LogP contribution in [0.1, 0.15) is 59.4 Å². The first-order valence-corrected chi connectivity index (χ1v) is 9.98. The second-order valence-electron chi connectivity index (χ2n) is 7.80. The molecule has 2 amide bonds. The van der Waals surface area contributed by atoms with Gasteiger partial charge in [0.1, 0.15) is 11.5 Å². The van der Waals surface area contributed by atoms with Crippen LogP contribution in [0.5, 0.6) is 0 Å². The number of anilines is 1. The van der Waals surface area contributed by atoms with Gasteiger partial charge >= 0.3 is 0 Å². The molecule has 148 valence electrons. The van der Waals surface area contributed by atoms with Crippen LogP contribution >= 0.6 is 0 Å². The number of amides is 2. The number of piperidine rings is 1. The Morgan fingerprint density at radius 3 is 2.68 bits per heavy atom. The highest BCUT2D eigenvalue weighted by atomic mass is 19.1. The maximum Gasteiger partial charge on any atom is 0.291 e. The summed E-state index contributed by atoms with van der Waals surface area (Å²) in [6, 6.07) is 5.61. The van der Waals surface area contributed by atoms with Crippen molar-refractivity contribution in [2.75, 3.05) is 18.4 Å². The number of aromatic nitrogens is 2. The van der Waals surface area contributed by atoms with Crippen molar-refractivity contribution >= 4 is 17.5 Å². The van der Waals surface area contributed by atoms with Gasteiger partial charge in [0.25, 0.3) is 11.8 Å². The SMILES string of the molecule is CC1CCCN(C(=O)c2nc(C(=O)Nc3ccc(F)cc3)n3c2CCCC3)C1. The van der Waals surface area contributed by atoms with Crippen LogP contribution in [0, 0.1) is 11.7 Å². The highest BCUT2D eigenvalue weighted by Crippen LogP contribution is 2.25. The van der Waals surface area contributed by atoms with Gasteiger partial charge in [-0.2, -0.15) is 0 Å². The monoisotopic (exact) mass is 384 g/mol. The normalized spacial score (nSPS) is 19.2. The second kappa shape index (κ2) is 7.73. The number of carbonyl (C=O) groups is 2. The molecule has 0 spiro atoms. The summed E-state index contributed by atoms with van der Waals surface area (Å²) < 4.78 is 15.0. The quantitative estimate of drug-likeness (QED) is 0.881. The van der Waals surface area contributed by atoms with E-state index in [9.17, 15) is 14.0 Å². The fourth-order valence-electron chi connectivity index (χ4n) is 4.13. The van der Waals surface area contributed by atoms with Gasteiger partial charge in [0.2, 0.25) is 0 Å². The molecule has 1 aromatic carbocycles. The fourth-order valence-corrected chi connectivity index (χ4v) is 4.13. The van der Waals surface area contributed by atoms with Crippen LogP contribution in [0.25, 0.3) is 0 Å². The molecule has 1 unspecified atom stereocenters.